The first-order valence-electron chi connectivity index (χ1n) is 8.51. The topological polar surface area (TPSA) is 93.0 Å². The molecule has 2 aromatic heterocycles. The number of rotatable bonds is 4. The van der Waals surface area contributed by atoms with Crippen molar-refractivity contribution in [2.45, 2.75) is 19.0 Å². The maximum atomic E-state index is 13.0. The summed E-state index contributed by atoms with van der Waals surface area (Å²) in [5.41, 5.74) is 2.26. The van der Waals surface area contributed by atoms with Crippen LogP contribution in [-0.2, 0) is 18.4 Å². The summed E-state index contributed by atoms with van der Waals surface area (Å²) in [6.45, 7) is 0.918. The Balaban J connectivity index is 1.42. The molecule has 0 saturated carbocycles. The highest BCUT2D eigenvalue weighted by Crippen LogP contribution is 2.17. The second-order valence-corrected chi connectivity index (χ2v) is 6.48. The van der Waals surface area contributed by atoms with Gasteiger partial charge in [-0.05, 0) is 30.2 Å². The third-order valence-corrected chi connectivity index (χ3v) is 4.59. The van der Waals surface area contributed by atoms with Gasteiger partial charge in [-0.1, -0.05) is 17.3 Å². The molecule has 1 unspecified atom stereocenters. The number of hydrogen-bond donors (Lipinski definition) is 1. The predicted octanol–water partition coefficient (Wildman–Crippen LogP) is 1.03. The van der Waals surface area contributed by atoms with E-state index in [2.05, 4.69) is 20.6 Å². The monoisotopic (exact) mass is 368 g/mol. The van der Waals surface area contributed by atoms with E-state index in [0.29, 0.717) is 36.2 Å². The molecule has 1 N–H and O–H groups in total. The van der Waals surface area contributed by atoms with Gasteiger partial charge in [0.2, 0.25) is 5.91 Å². The van der Waals surface area contributed by atoms with Gasteiger partial charge in [0.1, 0.15) is 17.4 Å². The molecule has 138 valence electrons. The molecule has 27 heavy (non-hydrogen) atoms. The molecule has 0 bridgehead atoms. The van der Waals surface area contributed by atoms with Crippen molar-refractivity contribution < 1.29 is 14.0 Å². The second-order valence-electron chi connectivity index (χ2n) is 6.48. The molecule has 3 aromatic rings. The first kappa shape index (κ1) is 17.1. The Morgan fingerprint density at radius 2 is 2.11 bits per heavy atom. The summed E-state index contributed by atoms with van der Waals surface area (Å²) in [5.74, 6) is -0.844. The lowest BCUT2D eigenvalue weighted by molar-refractivity contribution is -0.129. The van der Waals surface area contributed by atoms with Crippen molar-refractivity contribution in [1.82, 2.24) is 30.2 Å². The average molecular weight is 368 g/mol. The van der Waals surface area contributed by atoms with Crippen molar-refractivity contribution >= 4 is 23.0 Å². The molecule has 0 aliphatic carbocycles. The van der Waals surface area contributed by atoms with Crippen LogP contribution >= 0.6 is 0 Å². The molecule has 4 rings (SSSR count). The Hall–Kier alpha value is -3.36. The Labute approximate surface area is 154 Å². The molecule has 1 saturated heterocycles. The summed E-state index contributed by atoms with van der Waals surface area (Å²) in [5, 5.41) is 10.6. The first-order valence-corrected chi connectivity index (χ1v) is 8.51. The number of likely N-dealkylation sites (tertiary alicyclic amines) is 1. The number of fused-ring (bicyclic) bond motifs is 1. The molecular formula is C18H17FN6O2. The van der Waals surface area contributed by atoms with Gasteiger partial charge in [0.15, 0.2) is 5.65 Å². The minimum atomic E-state index is -0.587. The molecule has 1 aromatic carbocycles. The highest BCUT2D eigenvalue weighted by Gasteiger charge is 2.33. The minimum absolute atomic E-state index is 0.152. The smallest absolute Gasteiger partial charge is 0.253 e. The van der Waals surface area contributed by atoms with E-state index in [0.717, 1.165) is 5.56 Å². The van der Waals surface area contributed by atoms with Crippen LogP contribution in [0.3, 0.4) is 0 Å². The number of amides is 2. The first-order chi connectivity index (χ1) is 13.0. The quantitative estimate of drug-likeness (QED) is 0.743. The summed E-state index contributed by atoms with van der Waals surface area (Å²) in [6, 6.07) is 7.04. The summed E-state index contributed by atoms with van der Waals surface area (Å²) < 4.78 is 14.5. The van der Waals surface area contributed by atoms with E-state index in [1.54, 1.807) is 30.1 Å². The van der Waals surface area contributed by atoms with Crippen LogP contribution in [0, 0.1) is 5.82 Å². The summed E-state index contributed by atoms with van der Waals surface area (Å²) in [4.78, 5) is 30.9. The summed E-state index contributed by atoms with van der Waals surface area (Å²) in [6.07, 6.45) is 1.96. The zero-order valence-electron chi connectivity index (χ0n) is 14.6. The number of carbonyl (C=O) groups excluding carboxylic acids is 2. The fourth-order valence-corrected chi connectivity index (χ4v) is 3.13. The molecular weight excluding hydrogens is 351 g/mol. The van der Waals surface area contributed by atoms with Gasteiger partial charge >= 0.3 is 0 Å². The number of carbonyl (C=O) groups is 2. The van der Waals surface area contributed by atoms with Gasteiger partial charge in [-0.25, -0.2) is 14.1 Å². The lowest BCUT2D eigenvalue weighted by Gasteiger charge is -2.17. The Kier molecular flexibility index (Phi) is 4.27. The highest BCUT2D eigenvalue weighted by atomic mass is 19.1. The maximum absolute atomic E-state index is 13.0. The van der Waals surface area contributed by atoms with Gasteiger partial charge < -0.3 is 10.2 Å². The van der Waals surface area contributed by atoms with Crippen LogP contribution in [0.25, 0.3) is 11.2 Å². The molecule has 1 atom stereocenters. The fraction of sp³-hybridized carbons (Fsp3) is 0.278. The van der Waals surface area contributed by atoms with Crippen molar-refractivity contribution in [2.24, 2.45) is 7.05 Å². The SMILES string of the molecule is Cn1nnc2cc(C(=O)NC3CCN(Cc4ccc(F)cc4)C3=O)cnc21. The van der Waals surface area contributed by atoms with Gasteiger partial charge in [-0.3, -0.25) is 9.59 Å². The summed E-state index contributed by atoms with van der Waals surface area (Å²) in [7, 11) is 1.72. The largest absolute Gasteiger partial charge is 0.340 e. The lowest BCUT2D eigenvalue weighted by Crippen LogP contribution is -2.41. The van der Waals surface area contributed by atoms with E-state index in [1.165, 1.54) is 23.0 Å². The second kappa shape index (κ2) is 6.75. The van der Waals surface area contributed by atoms with Gasteiger partial charge in [-0.15, -0.1) is 5.10 Å². The number of pyridine rings is 1. The van der Waals surface area contributed by atoms with E-state index < -0.39 is 6.04 Å². The highest BCUT2D eigenvalue weighted by molar-refractivity contribution is 5.99. The van der Waals surface area contributed by atoms with Crippen molar-refractivity contribution in [2.75, 3.05) is 6.54 Å². The summed E-state index contributed by atoms with van der Waals surface area (Å²) >= 11 is 0. The average Bonchev–Trinajstić information content (AvgIpc) is 3.20. The Morgan fingerprint density at radius 3 is 2.89 bits per heavy atom. The van der Waals surface area contributed by atoms with Crippen molar-refractivity contribution in [3.8, 4) is 0 Å². The van der Waals surface area contributed by atoms with E-state index in [1.807, 2.05) is 0 Å². The number of nitrogens with one attached hydrogen (secondary N) is 1. The van der Waals surface area contributed by atoms with Gasteiger partial charge in [0.25, 0.3) is 5.91 Å². The maximum Gasteiger partial charge on any atom is 0.253 e. The number of aryl methyl sites for hydroxylation is 1. The molecule has 1 aliphatic rings. The number of halogens is 1. The van der Waals surface area contributed by atoms with Crippen LogP contribution in [0.2, 0.25) is 0 Å². The van der Waals surface area contributed by atoms with Crippen LogP contribution in [-0.4, -0.2) is 49.3 Å². The van der Waals surface area contributed by atoms with Gasteiger partial charge in [0, 0.05) is 26.3 Å². The lowest BCUT2D eigenvalue weighted by atomic mass is 10.2. The number of aromatic nitrogens is 4. The third kappa shape index (κ3) is 3.35. The molecule has 1 fully saturated rings. The normalized spacial score (nSPS) is 16.9. The molecule has 2 amide bonds. The van der Waals surface area contributed by atoms with E-state index in [-0.39, 0.29) is 17.6 Å². The van der Waals surface area contributed by atoms with E-state index in [4.69, 9.17) is 0 Å². The van der Waals surface area contributed by atoms with Crippen molar-refractivity contribution in [1.29, 1.82) is 0 Å². The number of benzene rings is 1. The molecule has 0 radical (unpaired) electrons. The minimum Gasteiger partial charge on any atom is -0.340 e. The van der Waals surface area contributed by atoms with Gasteiger partial charge in [0.05, 0.1) is 5.56 Å². The zero-order chi connectivity index (χ0) is 19.0. The fourth-order valence-electron chi connectivity index (χ4n) is 3.13. The Bertz CT molecular complexity index is 1020. The predicted molar refractivity (Wildman–Crippen MR) is 94.0 cm³/mol. The molecule has 3 heterocycles. The van der Waals surface area contributed by atoms with Crippen molar-refractivity contribution in [3.05, 3.63) is 53.5 Å². The molecule has 0 spiro atoms. The van der Waals surface area contributed by atoms with Crippen LogP contribution in [0.4, 0.5) is 4.39 Å². The van der Waals surface area contributed by atoms with Crippen LogP contribution in [0.1, 0.15) is 22.3 Å². The van der Waals surface area contributed by atoms with Crippen LogP contribution < -0.4 is 5.32 Å². The molecule has 9 heteroatoms. The number of hydrogen-bond acceptors (Lipinski definition) is 5. The van der Waals surface area contributed by atoms with Crippen molar-refractivity contribution in [3.63, 3.8) is 0 Å². The molecule has 1 aliphatic heterocycles. The number of nitrogens with zero attached hydrogens (tertiary/aromatic N) is 5. The molecule has 8 nitrogen and oxygen atoms in total. The van der Waals surface area contributed by atoms with Crippen LogP contribution in [0.5, 0.6) is 0 Å². The van der Waals surface area contributed by atoms with E-state index in [9.17, 15) is 14.0 Å². The third-order valence-electron chi connectivity index (χ3n) is 4.59. The zero-order valence-corrected chi connectivity index (χ0v) is 14.6. The van der Waals surface area contributed by atoms with Crippen LogP contribution in [0.15, 0.2) is 36.5 Å². The Morgan fingerprint density at radius 1 is 1.33 bits per heavy atom. The standard InChI is InChI=1S/C18H17FN6O2/c1-24-16-15(22-23-24)8-12(9-20-16)17(26)21-14-6-7-25(18(14)27)10-11-2-4-13(19)5-3-11/h2-5,8-9,14H,6-7,10H2,1H3,(H,21,26). The van der Waals surface area contributed by atoms with E-state index >= 15 is 0 Å². The van der Waals surface area contributed by atoms with Gasteiger partial charge in [-0.2, -0.15) is 0 Å².